The number of nitriles is 1. The van der Waals surface area contributed by atoms with E-state index >= 15 is 0 Å². The number of carbonyl (C=O) groups excluding carboxylic acids is 2. The van der Waals surface area contributed by atoms with Crippen LogP contribution in [-0.2, 0) is 34.5 Å². The highest BCUT2D eigenvalue weighted by Gasteiger charge is 2.18. The molecule has 0 radical (unpaired) electrons. The van der Waals surface area contributed by atoms with Crippen LogP contribution in [0.5, 0.6) is 11.5 Å². The average Bonchev–Trinajstić information content (AvgIpc) is 3.65. The van der Waals surface area contributed by atoms with Crippen LogP contribution in [0, 0.1) is 21.6 Å². The van der Waals surface area contributed by atoms with Crippen molar-refractivity contribution in [2.24, 2.45) is 12.0 Å². The molecule has 0 saturated carbocycles. The van der Waals surface area contributed by atoms with E-state index in [9.17, 15) is 19.7 Å². The van der Waals surface area contributed by atoms with Crippen molar-refractivity contribution in [2.75, 3.05) is 19.8 Å². The predicted molar refractivity (Wildman–Crippen MR) is 214 cm³/mol. The molecule has 0 fully saturated rings. The third-order valence-corrected chi connectivity index (χ3v) is 8.64. The largest absolute Gasteiger partial charge is 0.494 e. The molecule has 0 atom stereocenters. The number of aryl methyl sites for hydroxylation is 2. The highest BCUT2D eigenvalue weighted by molar-refractivity contribution is 5.90. The lowest BCUT2D eigenvalue weighted by Gasteiger charge is -2.10. The Hall–Kier alpha value is -6.58. The zero-order chi connectivity index (χ0) is 41.1. The number of nitrogens with zero attached hydrogens (tertiary/aromatic N) is 6. The first-order chi connectivity index (χ1) is 27.7. The van der Waals surface area contributed by atoms with Crippen molar-refractivity contribution in [1.82, 2.24) is 4.57 Å². The zero-order valence-electron chi connectivity index (χ0n) is 32.4. The molecule has 4 rings (SSSR count). The molecule has 0 unspecified atom stereocenters. The molecule has 0 aliphatic carbocycles. The number of nitro groups is 1. The average molecular weight is 779 g/mol. The first-order valence-electron chi connectivity index (χ1n) is 18.9. The molecule has 0 amide bonds. The third-order valence-electron chi connectivity index (χ3n) is 8.64. The number of benzene rings is 3. The number of imidazole rings is 1. The van der Waals surface area contributed by atoms with Crippen molar-refractivity contribution in [3.8, 4) is 28.8 Å². The first-order valence-corrected chi connectivity index (χ1v) is 18.9. The number of hydrogen-bond acceptors (Lipinski definition) is 10. The molecule has 0 spiro atoms. The van der Waals surface area contributed by atoms with Gasteiger partial charge in [-0.2, -0.15) is 5.26 Å². The second-order valence-electron chi connectivity index (χ2n) is 13.0. The van der Waals surface area contributed by atoms with Crippen LogP contribution in [0.4, 0.5) is 5.69 Å². The summed E-state index contributed by atoms with van der Waals surface area (Å²) >= 11 is 0. The molecule has 0 aliphatic heterocycles. The van der Waals surface area contributed by atoms with E-state index < -0.39 is 10.9 Å². The molecular formula is C43H50N6O8. The Morgan fingerprint density at radius 3 is 2.00 bits per heavy atom. The van der Waals surface area contributed by atoms with Crippen LogP contribution >= 0.6 is 0 Å². The Kier molecular flexibility index (Phi) is 20.6. The molecule has 0 saturated heterocycles. The van der Waals surface area contributed by atoms with Gasteiger partial charge in [-0.25, -0.2) is 18.7 Å². The van der Waals surface area contributed by atoms with Crippen LogP contribution in [0.3, 0.4) is 0 Å². The summed E-state index contributed by atoms with van der Waals surface area (Å²) in [5, 5.41) is 26.5. The van der Waals surface area contributed by atoms with Gasteiger partial charge in [0.2, 0.25) is 6.33 Å². The number of hydrogen-bond donors (Lipinski definition) is 0. The molecule has 0 aliphatic rings. The Bertz CT molecular complexity index is 1950. The van der Waals surface area contributed by atoms with Gasteiger partial charge in [0, 0.05) is 18.6 Å². The van der Waals surface area contributed by atoms with Crippen LogP contribution in [0.25, 0.3) is 16.5 Å². The second kappa shape index (κ2) is 26.3. The molecule has 1 heterocycles. The Morgan fingerprint density at radius 2 is 1.44 bits per heavy atom. The molecule has 0 N–H and O–H groups in total. The highest BCUT2D eigenvalue weighted by Crippen LogP contribution is 2.27. The van der Waals surface area contributed by atoms with E-state index in [1.165, 1.54) is 56.4 Å². The van der Waals surface area contributed by atoms with Gasteiger partial charge in [0.25, 0.3) is 5.69 Å². The number of esters is 2. The summed E-state index contributed by atoms with van der Waals surface area (Å²) in [4.78, 5) is 37.6. The van der Waals surface area contributed by atoms with Crippen LogP contribution in [-0.4, -0.2) is 47.3 Å². The van der Waals surface area contributed by atoms with Gasteiger partial charge < -0.3 is 29.3 Å². The maximum Gasteiger partial charge on any atom is 0.338 e. The number of aromatic nitrogens is 2. The molecular weight excluding hydrogens is 729 g/mol. The van der Waals surface area contributed by atoms with Crippen LogP contribution in [0.2, 0.25) is 0 Å². The monoisotopic (exact) mass is 778 g/mol. The topological polar surface area (TPSA) is 181 Å². The normalized spacial score (nSPS) is 10.2. The summed E-state index contributed by atoms with van der Waals surface area (Å²) in [5.74, 6) is 0.374. The van der Waals surface area contributed by atoms with E-state index in [4.69, 9.17) is 29.6 Å². The number of ether oxygens (including phenoxy) is 4. The van der Waals surface area contributed by atoms with Crippen LogP contribution in [0.1, 0.15) is 80.1 Å². The number of carbonyl (C=O) groups is 2. The first kappa shape index (κ1) is 44.8. The summed E-state index contributed by atoms with van der Waals surface area (Å²) in [7, 11) is 1.96. The number of unbranched alkanes of at least 4 members (excludes halogenated alkanes) is 8. The number of rotatable bonds is 24. The van der Waals surface area contributed by atoms with Crippen LogP contribution in [0.15, 0.2) is 103 Å². The van der Waals surface area contributed by atoms with Gasteiger partial charge in [0.15, 0.2) is 0 Å². The van der Waals surface area contributed by atoms with E-state index in [1.54, 1.807) is 24.3 Å². The van der Waals surface area contributed by atoms with Gasteiger partial charge in [-0.15, -0.1) is 6.01 Å². The maximum absolute atomic E-state index is 12.8. The van der Waals surface area contributed by atoms with Crippen molar-refractivity contribution in [1.29, 1.82) is 5.26 Å². The predicted octanol–water partition coefficient (Wildman–Crippen LogP) is 8.54. The Morgan fingerprint density at radius 1 is 0.860 bits per heavy atom. The van der Waals surface area contributed by atoms with Gasteiger partial charge >= 0.3 is 11.9 Å². The van der Waals surface area contributed by atoms with Crippen LogP contribution < -0.4 is 14.0 Å². The van der Waals surface area contributed by atoms with Crippen molar-refractivity contribution in [3.05, 3.63) is 125 Å². The number of nitro benzene ring substituents is 1. The number of aliphatic imine (C=N–C) groups is 1. The summed E-state index contributed by atoms with van der Waals surface area (Å²) < 4.78 is 26.2. The Labute approximate surface area is 333 Å². The van der Waals surface area contributed by atoms with E-state index in [2.05, 4.69) is 16.1 Å². The fourth-order valence-electron chi connectivity index (χ4n) is 5.67. The van der Waals surface area contributed by atoms with Crippen molar-refractivity contribution < 1.29 is 38.0 Å². The van der Waals surface area contributed by atoms with E-state index in [0.29, 0.717) is 31.1 Å². The summed E-state index contributed by atoms with van der Waals surface area (Å²) in [6, 6.07) is 20.7. The fraction of sp³-hybridized carbons (Fsp3) is 0.372. The zero-order valence-corrected chi connectivity index (χ0v) is 32.4. The standard InChI is InChI=1S/C41H50N3O8.C2N3/c1-3-40(45)51-28-12-10-8-6-4-5-7-9-11-27-49-37-20-18-34(19-21-37)33-14-16-35(17-15-33)41(46)52-31-36-30-38(22-23-39(36)44(47)48)50-29-13-24-43-26-25-42(2)32-43;3-1-5-2-4/h3,14-23,25-26,30,32H,1,4-13,24,27-29,31H2,2H3;/q+1;-1. The van der Waals surface area contributed by atoms with Gasteiger partial charge in [-0.05, 0) is 60.4 Å². The summed E-state index contributed by atoms with van der Waals surface area (Å²) in [6.45, 7) is 5.50. The smallest absolute Gasteiger partial charge is 0.338 e. The molecule has 300 valence electrons. The molecule has 57 heavy (non-hydrogen) atoms. The summed E-state index contributed by atoms with van der Waals surface area (Å²) in [5.41, 5.74) is 2.40. The molecule has 3 aromatic carbocycles. The Balaban J connectivity index is 0.00000163. The lowest BCUT2D eigenvalue weighted by molar-refractivity contribution is -0.671. The van der Waals surface area contributed by atoms with Crippen molar-refractivity contribution in [2.45, 2.75) is 77.4 Å². The van der Waals surface area contributed by atoms with E-state index in [-0.39, 0.29) is 23.8 Å². The molecule has 4 aromatic rings. The third kappa shape index (κ3) is 17.6. The van der Waals surface area contributed by atoms with Crippen molar-refractivity contribution >= 4 is 23.6 Å². The minimum absolute atomic E-state index is 0.135. The molecule has 14 heteroatoms. The minimum atomic E-state index is -0.573. The van der Waals surface area contributed by atoms with Gasteiger partial charge in [0.1, 0.15) is 30.5 Å². The lowest BCUT2D eigenvalue weighted by atomic mass is 10.0. The van der Waals surface area contributed by atoms with E-state index in [1.807, 2.05) is 66.7 Å². The molecule has 1 aromatic heterocycles. The SMILES string of the molecule is C=CC(=O)OCCCCCCCCCCCOc1ccc(-c2ccc(C(=O)OCc3cc(OCCCn4cc[n+](C)c4)ccc3[N+](=O)[O-])cc2)cc1.N#CN=C=[N-]. The van der Waals surface area contributed by atoms with Crippen molar-refractivity contribution in [3.63, 3.8) is 0 Å². The summed E-state index contributed by atoms with van der Waals surface area (Å²) in [6.07, 6.45) is 19.3. The second-order valence-corrected chi connectivity index (χ2v) is 13.0. The van der Waals surface area contributed by atoms with E-state index in [0.717, 1.165) is 55.5 Å². The van der Waals surface area contributed by atoms with Gasteiger partial charge in [-0.3, -0.25) is 10.1 Å². The van der Waals surface area contributed by atoms with Gasteiger partial charge in [-0.1, -0.05) is 75.8 Å². The minimum Gasteiger partial charge on any atom is -0.494 e. The highest BCUT2D eigenvalue weighted by atomic mass is 16.6. The molecule has 0 bridgehead atoms. The van der Waals surface area contributed by atoms with Gasteiger partial charge in [0.05, 0.1) is 55.7 Å². The lowest BCUT2D eigenvalue weighted by Crippen LogP contribution is -2.23. The quantitative estimate of drug-likeness (QED) is 0.00984. The fourth-order valence-corrected chi connectivity index (χ4v) is 5.67. The maximum atomic E-state index is 12.8. The molecule has 14 nitrogen and oxygen atoms in total.